The van der Waals surface area contributed by atoms with Gasteiger partial charge < -0.3 is 4.74 Å². The van der Waals surface area contributed by atoms with Crippen LogP contribution in [-0.2, 0) is 0 Å². The van der Waals surface area contributed by atoms with E-state index in [0.29, 0.717) is 0 Å². The van der Waals surface area contributed by atoms with Gasteiger partial charge in [0.25, 0.3) is 0 Å². The van der Waals surface area contributed by atoms with Crippen LogP contribution in [0.15, 0.2) is 27.6 Å². The number of hydrogen-bond acceptors (Lipinski definition) is 2. The maximum absolute atomic E-state index is 5.30. The van der Waals surface area contributed by atoms with E-state index in [4.69, 9.17) is 4.74 Å². The van der Waals surface area contributed by atoms with Crippen LogP contribution in [0.25, 0.3) is 0 Å². The van der Waals surface area contributed by atoms with E-state index in [0.717, 1.165) is 15.5 Å². The van der Waals surface area contributed by atoms with Crippen LogP contribution in [0.4, 0.5) is 0 Å². The zero-order valence-corrected chi connectivity index (χ0v) is 9.82. The van der Waals surface area contributed by atoms with Gasteiger partial charge in [-0.05, 0) is 31.0 Å². The van der Waals surface area contributed by atoms with Gasteiger partial charge in [-0.2, -0.15) is 0 Å². The molecule has 0 aromatic heterocycles. The maximum atomic E-state index is 5.30. The SMILES string of the molecule is COc1cc(Br)ccc1SC1CC1. The van der Waals surface area contributed by atoms with Crippen LogP contribution in [0.2, 0.25) is 0 Å². The van der Waals surface area contributed by atoms with Gasteiger partial charge in [0.05, 0.1) is 7.11 Å². The molecule has 1 aromatic carbocycles. The van der Waals surface area contributed by atoms with E-state index in [2.05, 4.69) is 28.1 Å². The average Bonchev–Trinajstić information content (AvgIpc) is 2.92. The first-order chi connectivity index (χ1) is 6.29. The number of methoxy groups -OCH3 is 1. The number of halogens is 1. The molecule has 1 aliphatic carbocycles. The number of hydrogen-bond donors (Lipinski definition) is 0. The van der Waals surface area contributed by atoms with E-state index in [9.17, 15) is 0 Å². The zero-order valence-electron chi connectivity index (χ0n) is 7.42. The summed E-state index contributed by atoms with van der Waals surface area (Å²) in [5.41, 5.74) is 0. The summed E-state index contributed by atoms with van der Waals surface area (Å²) in [6, 6.07) is 6.20. The molecule has 0 amide bonds. The van der Waals surface area contributed by atoms with Crippen molar-refractivity contribution in [2.75, 3.05) is 7.11 Å². The lowest BCUT2D eigenvalue weighted by atomic mass is 10.3. The molecule has 1 fully saturated rings. The number of benzene rings is 1. The second kappa shape index (κ2) is 3.93. The van der Waals surface area contributed by atoms with Crippen molar-refractivity contribution in [3.8, 4) is 5.75 Å². The molecule has 70 valence electrons. The van der Waals surface area contributed by atoms with Gasteiger partial charge in [0, 0.05) is 14.6 Å². The van der Waals surface area contributed by atoms with Crippen LogP contribution in [0.5, 0.6) is 5.75 Å². The fourth-order valence-electron chi connectivity index (χ4n) is 1.10. The van der Waals surface area contributed by atoms with E-state index in [1.807, 2.05) is 17.8 Å². The lowest BCUT2D eigenvalue weighted by Crippen LogP contribution is -1.86. The number of rotatable bonds is 3. The molecule has 0 saturated heterocycles. The zero-order chi connectivity index (χ0) is 9.26. The summed E-state index contributed by atoms with van der Waals surface area (Å²) in [6.07, 6.45) is 2.70. The summed E-state index contributed by atoms with van der Waals surface area (Å²) in [4.78, 5) is 1.26. The summed E-state index contributed by atoms with van der Waals surface area (Å²) in [6.45, 7) is 0. The summed E-state index contributed by atoms with van der Waals surface area (Å²) in [5, 5.41) is 0.829. The number of thioether (sulfide) groups is 1. The van der Waals surface area contributed by atoms with Gasteiger partial charge in [-0.25, -0.2) is 0 Å². The first-order valence-electron chi connectivity index (χ1n) is 4.30. The predicted octanol–water partition coefficient (Wildman–Crippen LogP) is 3.71. The third-order valence-corrected chi connectivity index (χ3v) is 3.83. The molecular weight excluding hydrogens is 248 g/mol. The molecule has 3 heteroatoms. The van der Waals surface area contributed by atoms with Crippen LogP contribution < -0.4 is 4.74 Å². The second-order valence-corrected chi connectivity index (χ2v) is 5.37. The normalized spacial score (nSPS) is 15.8. The Morgan fingerprint density at radius 1 is 1.46 bits per heavy atom. The average molecular weight is 259 g/mol. The van der Waals surface area contributed by atoms with E-state index in [1.165, 1.54) is 17.7 Å². The van der Waals surface area contributed by atoms with Gasteiger partial charge in [-0.3, -0.25) is 0 Å². The van der Waals surface area contributed by atoms with Crippen molar-refractivity contribution >= 4 is 27.7 Å². The van der Waals surface area contributed by atoms with E-state index in [1.54, 1.807) is 7.11 Å². The lowest BCUT2D eigenvalue weighted by molar-refractivity contribution is 0.404. The Labute approximate surface area is 91.0 Å². The standard InChI is InChI=1S/C10H11BrOS/c1-12-9-6-7(11)2-5-10(9)13-8-3-4-8/h2,5-6,8H,3-4H2,1H3. The summed E-state index contributed by atoms with van der Waals surface area (Å²) in [5.74, 6) is 0.978. The smallest absolute Gasteiger partial charge is 0.133 e. The molecule has 0 bridgehead atoms. The maximum Gasteiger partial charge on any atom is 0.133 e. The highest BCUT2D eigenvalue weighted by molar-refractivity contribution is 9.10. The van der Waals surface area contributed by atoms with Crippen LogP contribution in [0.3, 0.4) is 0 Å². The Balaban J connectivity index is 2.21. The van der Waals surface area contributed by atoms with Crippen molar-refractivity contribution in [2.45, 2.75) is 23.0 Å². The molecule has 2 rings (SSSR count). The predicted molar refractivity (Wildman–Crippen MR) is 59.6 cm³/mol. The second-order valence-electron chi connectivity index (χ2n) is 3.11. The molecule has 1 nitrogen and oxygen atoms in total. The van der Waals surface area contributed by atoms with Gasteiger partial charge >= 0.3 is 0 Å². The quantitative estimate of drug-likeness (QED) is 0.818. The van der Waals surface area contributed by atoms with Crippen LogP contribution >= 0.6 is 27.7 Å². The van der Waals surface area contributed by atoms with E-state index < -0.39 is 0 Å². The molecule has 1 aliphatic rings. The van der Waals surface area contributed by atoms with Gasteiger partial charge in [0.2, 0.25) is 0 Å². The van der Waals surface area contributed by atoms with Crippen molar-refractivity contribution in [3.63, 3.8) is 0 Å². The van der Waals surface area contributed by atoms with Gasteiger partial charge in [-0.1, -0.05) is 15.9 Å². The van der Waals surface area contributed by atoms with Gasteiger partial charge in [0.1, 0.15) is 5.75 Å². The molecule has 0 atom stereocenters. The highest BCUT2D eigenvalue weighted by atomic mass is 79.9. The van der Waals surface area contributed by atoms with Crippen LogP contribution in [0.1, 0.15) is 12.8 Å². The fourth-order valence-corrected chi connectivity index (χ4v) is 2.58. The largest absolute Gasteiger partial charge is 0.496 e. The third kappa shape index (κ3) is 2.41. The Hall–Kier alpha value is -0.150. The highest BCUT2D eigenvalue weighted by Crippen LogP contribution is 2.43. The highest BCUT2D eigenvalue weighted by Gasteiger charge is 2.23. The molecule has 0 aliphatic heterocycles. The van der Waals surface area contributed by atoms with Crippen molar-refractivity contribution in [1.29, 1.82) is 0 Å². The molecule has 0 N–H and O–H groups in total. The monoisotopic (exact) mass is 258 g/mol. The van der Waals surface area contributed by atoms with Crippen molar-refractivity contribution < 1.29 is 4.74 Å². The minimum Gasteiger partial charge on any atom is -0.496 e. The number of ether oxygens (including phenoxy) is 1. The lowest BCUT2D eigenvalue weighted by Gasteiger charge is -2.07. The summed E-state index contributed by atoms with van der Waals surface area (Å²) < 4.78 is 6.38. The molecular formula is C10H11BrOS. The first kappa shape index (κ1) is 9.41. The Bertz CT molecular complexity index is 310. The van der Waals surface area contributed by atoms with Gasteiger partial charge in [0.15, 0.2) is 0 Å². The molecule has 0 unspecified atom stereocenters. The van der Waals surface area contributed by atoms with Crippen LogP contribution in [0, 0.1) is 0 Å². The first-order valence-corrected chi connectivity index (χ1v) is 5.97. The van der Waals surface area contributed by atoms with Crippen molar-refractivity contribution in [1.82, 2.24) is 0 Å². The topological polar surface area (TPSA) is 9.23 Å². The van der Waals surface area contributed by atoms with Crippen molar-refractivity contribution in [3.05, 3.63) is 22.7 Å². The van der Waals surface area contributed by atoms with E-state index in [-0.39, 0.29) is 0 Å². The van der Waals surface area contributed by atoms with Crippen LogP contribution in [-0.4, -0.2) is 12.4 Å². The molecule has 0 spiro atoms. The molecule has 1 aromatic rings. The molecule has 1 saturated carbocycles. The minimum atomic E-state index is 0.829. The minimum absolute atomic E-state index is 0.829. The molecule has 13 heavy (non-hydrogen) atoms. The summed E-state index contributed by atoms with van der Waals surface area (Å²) in [7, 11) is 1.72. The third-order valence-electron chi connectivity index (χ3n) is 1.94. The fraction of sp³-hybridized carbons (Fsp3) is 0.400. The Morgan fingerprint density at radius 3 is 2.85 bits per heavy atom. The molecule has 0 radical (unpaired) electrons. The molecule has 0 heterocycles. The van der Waals surface area contributed by atoms with Crippen molar-refractivity contribution in [2.24, 2.45) is 0 Å². The van der Waals surface area contributed by atoms with Gasteiger partial charge in [-0.15, -0.1) is 11.8 Å². The Kier molecular flexibility index (Phi) is 2.84. The summed E-state index contributed by atoms with van der Waals surface area (Å²) >= 11 is 5.35. The van der Waals surface area contributed by atoms with E-state index >= 15 is 0 Å². The Morgan fingerprint density at radius 2 is 2.23 bits per heavy atom.